The Bertz CT molecular complexity index is 1180. The normalized spacial score (nSPS) is 12.5. The molecule has 0 aromatic carbocycles. The Hall–Kier alpha value is -2.89. The predicted molar refractivity (Wildman–Crippen MR) is 279 cm³/mol. The minimum atomic E-state index is -0.768. The van der Waals surface area contributed by atoms with Crippen LogP contribution in [0.2, 0.25) is 0 Å². The number of carbonyl (C=O) groups is 3. The maximum absolute atomic E-state index is 12.7. The second-order valence-electron chi connectivity index (χ2n) is 18.5. The van der Waals surface area contributed by atoms with Gasteiger partial charge in [-0.05, 0) is 64.2 Å². The van der Waals surface area contributed by atoms with Crippen LogP contribution >= 0.6 is 0 Å². The first-order valence-corrected chi connectivity index (χ1v) is 27.8. The third-order valence-electron chi connectivity index (χ3n) is 12.0. The van der Waals surface area contributed by atoms with E-state index in [9.17, 15) is 14.4 Å². The Balaban J connectivity index is 4.05. The molecule has 0 bridgehead atoms. The van der Waals surface area contributed by atoms with Crippen LogP contribution in [0.3, 0.4) is 0 Å². The molecule has 6 heteroatoms. The number of hydrogen-bond acceptors (Lipinski definition) is 6. The molecule has 0 fully saturated rings. The third-order valence-corrected chi connectivity index (χ3v) is 12.0. The molecule has 6 nitrogen and oxygen atoms in total. The third kappa shape index (κ3) is 51.9. The summed E-state index contributed by atoms with van der Waals surface area (Å²) in [5, 5.41) is 0. The lowest BCUT2D eigenvalue weighted by atomic mass is 10.0. The van der Waals surface area contributed by atoms with Crippen LogP contribution in [0.1, 0.15) is 278 Å². The molecule has 0 aromatic heterocycles. The number of rotatable bonds is 50. The van der Waals surface area contributed by atoms with Gasteiger partial charge in [-0.25, -0.2) is 0 Å². The van der Waals surface area contributed by atoms with E-state index < -0.39 is 6.10 Å². The molecule has 0 aliphatic heterocycles. The summed E-state index contributed by atoms with van der Waals surface area (Å²) in [5.41, 5.74) is 0. The number of allylic oxidation sites excluding steroid dienone is 10. The summed E-state index contributed by atoms with van der Waals surface area (Å²) in [6.07, 6.45) is 66.8. The van der Waals surface area contributed by atoms with Crippen molar-refractivity contribution in [2.75, 3.05) is 13.2 Å². The maximum Gasteiger partial charge on any atom is 0.306 e. The number of ether oxygens (including phenoxy) is 3. The van der Waals surface area contributed by atoms with Crippen molar-refractivity contribution in [1.29, 1.82) is 0 Å². The standard InChI is InChI=1S/C59H104O6/c1-4-7-10-13-15-17-19-21-23-24-25-26-27-28-29-30-31-32-33-34-36-37-39-41-43-46-49-52-58(61)64-55-56(54-63-57(60)51-48-45-12-9-6-3)65-59(62)53-50-47-44-42-40-38-35-22-20-18-16-14-11-8-5-2/h7,10,15,17,21,23,25-26,28-29,56H,4-6,8-9,11-14,16,18-20,22,24,27,30-55H2,1-3H3/b10-7-,17-15-,23-21-,26-25-,29-28-. The first kappa shape index (κ1) is 62.1. The van der Waals surface area contributed by atoms with Crippen LogP contribution in [-0.2, 0) is 28.6 Å². The molecule has 0 aliphatic rings. The van der Waals surface area contributed by atoms with E-state index in [0.717, 1.165) is 96.3 Å². The van der Waals surface area contributed by atoms with Gasteiger partial charge in [0.1, 0.15) is 13.2 Å². The minimum Gasteiger partial charge on any atom is -0.462 e. The maximum atomic E-state index is 12.7. The Morgan fingerprint density at radius 2 is 0.600 bits per heavy atom. The van der Waals surface area contributed by atoms with E-state index in [2.05, 4.69) is 81.5 Å². The topological polar surface area (TPSA) is 78.9 Å². The first-order chi connectivity index (χ1) is 32.0. The lowest BCUT2D eigenvalue weighted by Crippen LogP contribution is -2.30. The molecule has 0 aromatic rings. The predicted octanol–water partition coefficient (Wildman–Crippen LogP) is 18.4. The molecule has 376 valence electrons. The van der Waals surface area contributed by atoms with Crippen LogP contribution in [0, 0.1) is 0 Å². The molecule has 0 amide bonds. The van der Waals surface area contributed by atoms with Gasteiger partial charge in [0.15, 0.2) is 6.10 Å². The van der Waals surface area contributed by atoms with Gasteiger partial charge in [-0.1, -0.05) is 255 Å². The van der Waals surface area contributed by atoms with Crippen molar-refractivity contribution in [3.05, 3.63) is 60.8 Å². The number of esters is 3. The largest absolute Gasteiger partial charge is 0.462 e. The Morgan fingerprint density at radius 3 is 0.938 bits per heavy atom. The molecular formula is C59H104O6. The molecule has 1 atom stereocenters. The lowest BCUT2D eigenvalue weighted by molar-refractivity contribution is -0.167. The second kappa shape index (κ2) is 53.7. The van der Waals surface area contributed by atoms with Crippen LogP contribution in [-0.4, -0.2) is 37.2 Å². The molecule has 0 rings (SSSR count). The molecule has 0 radical (unpaired) electrons. The number of unbranched alkanes of at least 4 members (excludes halogenated alkanes) is 29. The minimum absolute atomic E-state index is 0.0726. The highest BCUT2D eigenvalue weighted by Crippen LogP contribution is 2.16. The van der Waals surface area contributed by atoms with E-state index >= 15 is 0 Å². The average Bonchev–Trinajstić information content (AvgIpc) is 3.30. The SMILES string of the molecule is CC/C=C\C/C=C\C/C=C\C/C=C\C/C=C\CCCCCCCCCCCCCC(=O)OCC(COC(=O)CCCCCCC)OC(=O)CCCCCCCCCCCCCCCCC. The summed E-state index contributed by atoms with van der Waals surface area (Å²) in [4.78, 5) is 37.7. The molecule has 0 aliphatic carbocycles. The average molecular weight is 909 g/mol. The smallest absolute Gasteiger partial charge is 0.306 e. The van der Waals surface area contributed by atoms with Crippen LogP contribution in [0.5, 0.6) is 0 Å². The zero-order valence-corrected chi connectivity index (χ0v) is 43.0. The fourth-order valence-corrected chi connectivity index (χ4v) is 7.88. The van der Waals surface area contributed by atoms with Crippen molar-refractivity contribution in [1.82, 2.24) is 0 Å². The summed E-state index contributed by atoms with van der Waals surface area (Å²) in [6.45, 7) is 6.46. The highest BCUT2D eigenvalue weighted by molar-refractivity contribution is 5.71. The van der Waals surface area contributed by atoms with Gasteiger partial charge in [0.05, 0.1) is 0 Å². The molecule has 0 saturated carbocycles. The summed E-state index contributed by atoms with van der Waals surface area (Å²) < 4.78 is 16.7. The fraction of sp³-hybridized carbons (Fsp3) is 0.780. The number of hydrogen-bond donors (Lipinski definition) is 0. The zero-order chi connectivity index (χ0) is 47.2. The highest BCUT2D eigenvalue weighted by atomic mass is 16.6. The monoisotopic (exact) mass is 909 g/mol. The summed E-state index contributed by atoms with van der Waals surface area (Å²) in [5.74, 6) is -0.880. The van der Waals surface area contributed by atoms with Gasteiger partial charge in [0.2, 0.25) is 0 Å². The molecule has 65 heavy (non-hydrogen) atoms. The van der Waals surface area contributed by atoms with E-state index in [4.69, 9.17) is 14.2 Å². The second-order valence-corrected chi connectivity index (χ2v) is 18.5. The van der Waals surface area contributed by atoms with Gasteiger partial charge in [-0.2, -0.15) is 0 Å². The van der Waals surface area contributed by atoms with Crippen LogP contribution in [0.15, 0.2) is 60.8 Å². The Kier molecular flexibility index (Phi) is 51.3. The Morgan fingerprint density at radius 1 is 0.323 bits per heavy atom. The van der Waals surface area contributed by atoms with Crippen molar-refractivity contribution < 1.29 is 28.6 Å². The van der Waals surface area contributed by atoms with Crippen molar-refractivity contribution in [2.45, 2.75) is 284 Å². The van der Waals surface area contributed by atoms with E-state index in [1.807, 2.05) is 0 Å². The van der Waals surface area contributed by atoms with Gasteiger partial charge >= 0.3 is 17.9 Å². The quantitative estimate of drug-likeness (QED) is 0.0262. The van der Waals surface area contributed by atoms with Gasteiger partial charge in [0, 0.05) is 19.3 Å². The van der Waals surface area contributed by atoms with Gasteiger partial charge in [0.25, 0.3) is 0 Å². The van der Waals surface area contributed by atoms with E-state index in [1.165, 1.54) is 141 Å². The van der Waals surface area contributed by atoms with Gasteiger partial charge < -0.3 is 14.2 Å². The first-order valence-electron chi connectivity index (χ1n) is 27.8. The van der Waals surface area contributed by atoms with Crippen LogP contribution < -0.4 is 0 Å². The molecule has 1 unspecified atom stereocenters. The lowest BCUT2D eigenvalue weighted by Gasteiger charge is -2.18. The molecule has 0 heterocycles. The van der Waals surface area contributed by atoms with Crippen molar-refractivity contribution in [2.24, 2.45) is 0 Å². The molecule has 0 saturated heterocycles. The summed E-state index contributed by atoms with van der Waals surface area (Å²) in [6, 6.07) is 0. The van der Waals surface area contributed by atoms with E-state index in [-0.39, 0.29) is 31.1 Å². The highest BCUT2D eigenvalue weighted by Gasteiger charge is 2.19. The van der Waals surface area contributed by atoms with Crippen molar-refractivity contribution in [3.8, 4) is 0 Å². The number of carbonyl (C=O) groups excluding carboxylic acids is 3. The van der Waals surface area contributed by atoms with Crippen molar-refractivity contribution in [3.63, 3.8) is 0 Å². The molecule has 0 spiro atoms. The summed E-state index contributed by atoms with van der Waals surface area (Å²) >= 11 is 0. The van der Waals surface area contributed by atoms with Gasteiger partial charge in [-0.15, -0.1) is 0 Å². The fourth-order valence-electron chi connectivity index (χ4n) is 7.88. The van der Waals surface area contributed by atoms with Gasteiger partial charge in [-0.3, -0.25) is 14.4 Å². The van der Waals surface area contributed by atoms with E-state index in [0.29, 0.717) is 19.3 Å². The van der Waals surface area contributed by atoms with Crippen molar-refractivity contribution >= 4 is 17.9 Å². The van der Waals surface area contributed by atoms with E-state index in [1.54, 1.807) is 0 Å². The zero-order valence-electron chi connectivity index (χ0n) is 43.0. The summed E-state index contributed by atoms with van der Waals surface area (Å²) in [7, 11) is 0. The Labute approximate surface area is 402 Å². The van der Waals surface area contributed by atoms with Crippen LogP contribution in [0.25, 0.3) is 0 Å². The molecule has 0 N–H and O–H groups in total. The molecular weight excluding hydrogens is 805 g/mol. The van der Waals surface area contributed by atoms with Crippen LogP contribution in [0.4, 0.5) is 0 Å².